The Bertz CT molecular complexity index is 641. The Hall–Kier alpha value is -2.55. The van der Waals surface area contributed by atoms with Crippen LogP contribution >= 0.6 is 0 Å². The molecule has 6 nitrogen and oxygen atoms in total. The fraction of sp³-hybridized carbons (Fsp3) is 0.438. The third kappa shape index (κ3) is 3.76. The van der Waals surface area contributed by atoms with Gasteiger partial charge in [-0.2, -0.15) is 5.26 Å². The lowest BCUT2D eigenvalue weighted by Gasteiger charge is -2.10. The topological polar surface area (TPSA) is 73.0 Å². The Balaban J connectivity index is 1.86. The Kier molecular flexibility index (Phi) is 5.37. The normalized spacial score (nSPS) is 10.5. The Morgan fingerprint density at radius 2 is 1.91 bits per heavy atom. The maximum absolute atomic E-state index is 9.04. The van der Waals surface area contributed by atoms with E-state index in [0.717, 1.165) is 23.6 Å². The fourth-order valence-electron chi connectivity index (χ4n) is 2.21. The Morgan fingerprint density at radius 3 is 2.50 bits per heavy atom. The summed E-state index contributed by atoms with van der Waals surface area (Å²) in [7, 11) is 1.63. The number of ether oxygens (including phenoxy) is 2. The molecule has 2 aromatic rings. The van der Waals surface area contributed by atoms with Gasteiger partial charge in [-0.15, -0.1) is 5.10 Å². The monoisotopic (exact) mass is 300 g/mol. The standard InChI is InChI=1S/C16H20N4O2/c1-12(2)16-15(11-17)18-19-20(16)9-4-10-22-14-7-5-13(21-3)6-8-14/h5-8,12H,4,9-10H2,1-3H3. The Labute approximate surface area is 130 Å². The van der Waals surface area contributed by atoms with Crippen molar-refractivity contribution in [3.8, 4) is 17.6 Å². The van der Waals surface area contributed by atoms with Crippen molar-refractivity contribution in [1.29, 1.82) is 5.26 Å². The van der Waals surface area contributed by atoms with E-state index in [-0.39, 0.29) is 5.92 Å². The van der Waals surface area contributed by atoms with Gasteiger partial charge >= 0.3 is 0 Å². The average molecular weight is 300 g/mol. The lowest BCUT2D eigenvalue weighted by molar-refractivity contribution is 0.296. The van der Waals surface area contributed by atoms with Crippen molar-refractivity contribution in [2.75, 3.05) is 13.7 Å². The van der Waals surface area contributed by atoms with Gasteiger partial charge in [-0.25, -0.2) is 4.68 Å². The molecule has 2 rings (SSSR count). The van der Waals surface area contributed by atoms with Crippen molar-refractivity contribution in [1.82, 2.24) is 15.0 Å². The van der Waals surface area contributed by atoms with Crippen molar-refractivity contribution in [3.63, 3.8) is 0 Å². The van der Waals surface area contributed by atoms with Crippen molar-refractivity contribution < 1.29 is 9.47 Å². The third-order valence-electron chi connectivity index (χ3n) is 3.27. The summed E-state index contributed by atoms with van der Waals surface area (Å²) in [5, 5.41) is 17.0. The molecule has 0 N–H and O–H groups in total. The number of rotatable bonds is 7. The summed E-state index contributed by atoms with van der Waals surface area (Å²) in [6.07, 6.45) is 0.792. The molecule has 0 aliphatic heterocycles. The summed E-state index contributed by atoms with van der Waals surface area (Å²) in [6, 6.07) is 9.57. The van der Waals surface area contributed by atoms with E-state index in [4.69, 9.17) is 14.7 Å². The zero-order valence-corrected chi connectivity index (χ0v) is 13.1. The van der Waals surface area contributed by atoms with Gasteiger partial charge in [0, 0.05) is 13.0 Å². The average Bonchev–Trinajstić information content (AvgIpc) is 2.95. The highest BCUT2D eigenvalue weighted by Crippen LogP contribution is 2.18. The van der Waals surface area contributed by atoms with Crippen LogP contribution in [0.25, 0.3) is 0 Å². The van der Waals surface area contributed by atoms with Crippen LogP contribution in [0.2, 0.25) is 0 Å². The molecule has 0 unspecified atom stereocenters. The van der Waals surface area contributed by atoms with Gasteiger partial charge in [0.15, 0.2) is 5.69 Å². The first-order valence-corrected chi connectivity index (χ1v) is 7.26. The SMILES string of the molecule is COc1ccc(OCCCn2nnc(C#N)c2C(C)C)cc1. The molecule has 1 aromatic heterocycles. The summed E-state index contributed by atoms with van der Waals surface area (Å²) in [6.45, 7) is 5.32. The predicted octanol–water partition coefficient (Wildman–Crippen LogP) is 2.75. The summed E-state index contributed by atoms with van der Waals surface area (Å²) >= 11 is 0. The van der Waals surface area contributed by atoms with Gasteiger partial charge in [0.1, 0.15) is 17.6 Å². The van der Waals surface area contributed by atoms with Crippen molar-refractivity contribution in [2.24, 2.45) is 0 Å². The van der Waals surface area contributed by atoms with Gasteiger partial charge in [0.2, 0.25) is 0 Å². The van der Waals surface area contributed by atoms with Gasteiger partial charge in [0.05, 0.1) is 19.4 Å². The van der Waals surface area contributed by atoms with E-state index >= 15 is 0 Å². The highest BCUT2D eigenvalue weighted by Gasteiger charge is 2.15. The summed E-state index contributed by atoms with van der Waals surface area (Å²) in [4.78, 5) is 0. The van der Waals surface area contributed by atoms with Gasteiger partial charge in [-0.1, -0.05) is 19.1 Å². The van der Waals surface area contributed by atoms with Crippen LogP contribution in [0.15, 0.2) is 24.3 Å². The Morgan fingerprint density at radius 1 is 1.23 bits per heavy atom. The van der Waals surface area contributed by atoms with Crippen LogP contribution in [-0.4, -0.2) is 28.7 Å². The van der Waals surface area contributed by atoms with E-state index < -0.39 is 0 Å². The van der Waals surface area contributed by atoms with E-state index in [1.165, 1.54) is 0 Å². The molecule has 1 heterocycles. The zero-order chi connectivity index (χ0) is 15.9. The van der Waals surface area contributed by atoms with Crippen LogP contribution in [0.4, 0.5) is 0 Å². The number of nitriles is 1. The summed E-state index contributed by atoms with van der Waals surface area (Å²) in [5.41, 5.74) is 1.29. The molecule has 1 aromatic carbocycles. The first-order chi connectivity index (χ1) is 10.7. The molecule has 6 heteroatoms. The molecule has 22 heavy (non-hydrogen) atoms. The van der Waals surface area contributed by atoms with E-state index in [1.807, 2.05) is 38.1 Å². The quantitative estimate of drug-likeness (QED) is 0.735. The lowest BCUT2D eigenvalue weighted by Crippen LogP contribution is -2.10. The van der Waals surface area contributed by atoms with Gasteiger partial charge in [-0.05, 0) is 30.2 Å². The maximum atomic E-state index is 9.04. The van der Waals surface area contributed by atoms with Crippen LogP contribution in [0, 0.1) is 11.3 Å². The number of methoxy groups -OCH3 is 1. The number of aryl methyl sites for hydroxylation is 1. The van der Waals surface area contributed by atoms with Gasteiger partial charge < -0.3 is 9.47 Å². The number of aromatic nitrogens is 3. The number of hydrogen-bond donors (Lipinski definition) is 0. The van der Waals surface area contributed by atoms with Gasteiger partial charge in [-0.3, -0.25) is 0 Å². The van der Waals surface area contributed by atoms with Crippen LogP contribution < -0.4 is 9.47 Å². The molecule has 0 atom stereocenters. The second-order valence-electron chi connectivity index (χ2n) is 5.19. The molecule has 0 aliphatic rings. The van der Waals surface area contributed by atoms with Crippen LogP contribution in [0.1, 0.15) is 37.6 Å². The second-order valence-corrected chi connectivity index (χ2v) is 5.19. The fourth-order valence-corrected chi connectivity index (χ4v) is 2.21. The zero-order valence-electron chi connectivity index (χ0n) is 13.1. The van der Waals surface area contributed by atoms with Crippen molar-refractivity contribution in [2.45, 2.75) is 32.7 Å². The molecule has 116 valence electrons. The molecule has 0 aliphatic carbocycles. The highest BCUT2D eigenvalue weighted by molar-refractivity contribution is 5.31. The first-order valence-electron chi connectivity index (χ1n) is 7.26. The van der Waals surface area contributed by atoms with E-state index in [1.54, 1.807) is 11.8 Å². The minimum atomic E-state index is 0.215. The molecule has 0 saturated heterocycles. The van der Waals surface area contributed by atoms with Gasteiger partial charge in [0.25, 0.3) is 0 Å². The van der Waals surface area contributed by atoms with Crippen molar-refractivity contribution in [3.05, 3.63) is 35.7 Å². The molecule has 0 fully saturated rings. The highest BCUT2D eigenvalue weighted by atomic mass is 16.5. The predicted molar refractivity (Wildman–Crippen MR) is 81.9 cm³/mol. The minimum Gasteiger partial charge on any atom is -0.497 e. The number of benzene rings is 1. The maximum Gasteiger partial charge on any atom is 0.186 e. The smallest absolute Gasteiger partial charge is 0.186 e. The van der Waals surface area contributed by atoms with Crippen LogP contribution in [0.5, 0.6) is 11.5 Å². The molecule has 0 saturated carbocycles. The van der Waals surface area contributed by atoms with Crippen LogP contribution in [-0.2, 0) is 6.54 Å². The van der Waals surface area contributed by atoms with E-state index in [2.05, 4.69) is 16.4 Å². The summed E-state index contributed by atoms with van der Waals surface area (Å²) in [5.74, 6) is 1.83. The molecular formula is C16H20N4O2. The molecule has 0 spiro atoms. The first kappa shape index (κ1) is 15.8. The van der Waals surface area contributed by atoms with E-state index in [0.29, 0.717) is 18.8 Å². The van der Waals surface area contributed by atoms with E-state index in [9.17, 15) is 0 Å². The van der Waals surface area contributed by atoms with Crippen molar-refractivity contribution >= 4 is 0 Å². The largest absolute Gasteiger partial charge is 0.497 e. The molecule has 0 amide bonds. The second kappa shape index (κ2) is 7.46. The molecule has 0 bridgehead atoms. The van der Waals surface area contributed by atoms with Crippen LogP contribution in [0.3, 0.4) is 0 Å². The number of hydrogen-bond acceptors (Lipinski definition) is 5. The number of nitrogens with zero attached hydrogens (tertiary/aromatic N) is 4. The molecular weight excluding hydrogens is 280 g/mol. The minimum absolute atomic E-state index is 0.215. The lowest BCUT2D eigenvalue weighted by atomic mass is 10.1. The third-order valence-corrected chi connectivity index (χ3v) is 3.27. The molecule has 0 radical (unpaired) electrons. The summed E-state index contributed by atoms with van der Waals surface area (Å²) < 4.78 is 12.6.